The average Bonchev–Trinajstić information content (AvgIpc) is 2.88. The van der Waals surface area contributed by atoms with Gasteiger partial charge in [-0.25, -0.2) is 4.98 Å². The van der Waals surface area contributed by atoms with Gasteiger partial charge in [-0.05, 0) is 12.8 Å². The van der Waals surface area contributed by atoms with Gasteiger partial charge in [0.1, 0.15) is 0 Å². The van der Waals surface area contributed by atoms with Crippen LogP contribution in [0.2, 0.25) is 0 Å². The molecule has 0 radical (unpaired) electrons. The molecule has 1 aliphatic heterocycles. The standard InChI is InChI=1S/C14H25N3OS.2ClH/c1-10(2)14-16-11(9-19-14)8-17-5-4-13(18-3)6-12(17)7-15;;/h9-10,12-13H,4-8,15H2,1-3H3;2*1H. The molecule has 4 nitrogen and oxygen atoms in total. The van der Waals surface area contributed by atoms with Gasteiger partial charge in [-0.3, -0.25) is 4.90 Å². The summed E-state index contributed by atoms with van der Waals surface area (Å²) in [6.07, 6.45) is 2.49. The maximum atomic E-state index is 5.90. The quantitative estimate of drug-likeness (QED) is 0.881. The molecule has 1 aromatic rings. The first kappa shape index (κ1) is 21.1. The van der Waals surface area contributed by atoms with E-state index in [9.17, 15) is 0 Å². The van der Waals surface area contributed by atoms with E-state index in [-0.39, 0.29) is 24.8 Å². The lowest BCUT2D eigenvalue weighted by Crippen LogP contribution is -2.48. The summed E-state index contributed by atoms with van der Waals surface area (Å²) in [7, 11) is 1.79. The van der Waals surface area contributed by atoms with Crippen LogP contribution in [0.25, 0.3) is 0 Å². The zero-order valence-corrected chi connectivity index (χ0v) is 15.4. The minimum atomic E-state index is 0. The molecule has 0 amide bonds. The number of methoxy groups -OCH3 is 1. The van der Waals surface area contributed by atoms with Gasteiger partial charge in [-0.1, -0.05) is 13.8 Å². The van der Waals surface area contributed by atoms with Gasteiger partial charge < -0.3 is 10.5 Å². The second-order valence-corrected chi connectivity index (χ2v) is 6.46. The third-order valence-electron chi connectivity index (χ3n) is 3.82. The molecular weight excluding hydrogens is 329 g/mol. The van der Waals surface area contributed by atoms with Gasteiger partial charge in [0.25, 0.3) is 0 Å². The number of piperidine rings is 1. The van der Waals surface area contributed by atoms with Crippen LogP contribution in [0.15, 0.2) is 5.38 Å². The molecule has 2 rings (SSSR count). The van der Waals surface area contributed by atoms with Gasteiger partial charge in [0.15, 0.2) is 0 Å². The number of aromatic nitrogens is 1. The highest BCUT2D eigenvalue weighted by atomic mass is 35.5. The average molecular weight is 356 g/mol. The fourth-order valence-corrected chi connectivity index (χ4v) is 3.42. The van der Waals surface area contributed by atoms with Crippen LogP contribution in [0, 0.1) is 0 Å². The summed E-state index contributed by atoms with van der Waals surface area (Å²) in [4.78, 5) is 7.17. The summed E-state index contributed by atoms with van der Waals surface area (Å²) in [5.74, 6) is 0.517. The molecule has 0 aliphatic carbocycles. The fraction of sp³-hybridized carbons (Fsp3) is 0.786. The van der Waals surface area contributed by atoms with Crippen LogP contribution >= 0.6 is 36.2 Å². The van der Waals surface area contributed by atoms with Crippen molar-refractivity contribution < 1.29 is 4.74 Å². The third kappa shape index (κ3) is 5.66. The van der Waals surface area contributed by atoms with Crippen molar-refractivity contribution in [1.29, 1.82) is 0 Å². The molecule has 0 saturated carbocycles. The van der Waals surface area contributed by atoms with Gasteiger partial charge in [0.05, 0.1) is 16.8 Å². The van der Waals surface area contributed by atoms with Crippen molar-refractivity contribution in [3.63, 3.8) is 0 Å². The topological polar surface area (TPSA) is 51.4 Å². The molecule has 1 fully saturated rings. The van der Waals surface area contributed by atoms with Crippen LogP contribution in [-0.4, -0.2) is 42.2 Å². The van der Waals surface area contributed by atoms with Crippen molar-refractivity contribution in [2.75, 3.05) is 20.2 Å². The molecule has 0 bridgehead atoms. The lowest BCUT2D eigenvalue weighted by atomic mass is 9.99. The van der Waals surface area contributed by atoms with Crippen molar-refractivity contribution in [3.8, 4) is 0 Å². The van der Waals surface area contributed by atoms with Gasteiger partial charge >= 0.3 is 0 Å². The molecule has 0 aromatic carbocycles. The summed E-state index contributed by atoms with van der Waals surface area (Å²) < 4.78 is 5.46. The smallest absolute Gasteiger partial charge is 0.0954 e. The minimum Gasteiger partial charge on any atom is -0.381 e. The van der Waals surface area contributed by atoms with Crippen molar-refractivity contribution >= 4 is 36.2 Å². The van der Waals surface area contributed by atoms with E-state index in [0.717, 1.165) is 25.9 Å². The Hall–Kier alpha value is 0.0900. The summed E-state index contributed by atoms with van der Waals surface area (Å²) in [6, 6.07) is 0.419. The zero-order valence-electron chi connectivity index (χ0n) is 12.9. The molecule has 1 saturated heterocycles. The monoisotopic (exact) mass is 355 g/mol. The van der Waals surface area contributed by atoms with Crippen LogP contribution in [0.1, 0.15) is 43.3 Å². The molecule has 1 aliphatic rings. The number of nitrogens with zero attached hydrogens (tertiary/aromatic N) is 2. The van der Waals surface area contributed by atoms with E-state index in [2.05, 4.69) is 24.1 Å². The van der Waals surface area contributed by atoms with E-state index in [1.807, 2.05) is 0 Å². The predicted molar refractivity (Wildman–Crippen MR) is 94.0 cm³/mol. The summed E-state index contributed by atoms with van der Waals surface area (Å²) in [5.41, 5.74) is 7.09. The van der Waals surface area contributed by atoms with Gasteiger partial charge in [0, 0.05) is 44.1 Å². The van der Waals surface area contributed by atoms with Crippen molar-refractivity contribution in [3.05, 3.63) is 16.1 Å². The highest BCUT2D eigenvalue weighted by Crippen LogP contribution is 2.24. The Morgan fingerprint density at radius 2 is 2.19 bits per heavy atom. The number of rotatable bonds is 5. The number of nitrogens with two attached hydrogens (primary N) is 1. The molecule has 2 unspecified atom stereocenters. The van der Waals surface area contributed by atoms with Gasteiger partial charge in [-0.2, -0.15) is 0 Å². The molecule has 7 heteroatoms. The van der Waals surface area contributed by atoms with Crippen molar-refractivity contribution in [1.82, 2.24) is 9.88 Å². The maximum absolute atomic E-state index is 5.90. The Balaban J connectivity index is 0.00000200. The lowest BCUT2D eigenvalue weighted by molar-refractivity contribution is 0.00982. The van der Waals surface area contributed by atoms with E-state index in [0.29, 0.717) is 24.6 Å². The highest BCUT2D eigenvalue weighted by molar-refractivity contribution is 7.09. The van der Waals surface area contributed by atoms with E-state index in [1.165, 1.54) is 10.7 Å². The first-order chi connectivity index (χ1) is 9.13. The lowest BCUT2D eigenvalue weighted by Gasteiger charge is -2.38. The Morgan fingerprint density at radius 1 is 1.48 bits per heavy atom. The number of hydrogen-bond donors (Lipinski definition) is 1. The van der Waals surface area contributed by atoms with Gasteiger partial charge in [-0.15, -0.1) is 36.2 Å². The SMILES string of the molecule is COC1CCN(Cc2csc(C(C)C)n2)C(CN)C1.Cl.Cl. The Morgan fingerprint density at radius 3 is 2.71 bits per heavy atom. The molecule has 21 heavy (non-hydrogen) atoms. The molecule has 2 heterocycles. The maximum Gasteiger partial charge on any atom is 0.0954 e. The molecule has 2 atom stereocenters. The number of likely N-dealkylation sites (tertiary alicyclic amines) is 1. The van der Waals surface area contributed by atoms with Crippen molar-refractivity contribution in [2.24, 2.45) is 5.73 Å². The third-order valence-corrected chi connectivity index (χ3v) is 5.02. The molecule has 1 aromatic heterocycles. The highest BCUT2D eigenvalue weighted by Gasteiger charge is 2.27. The molecule has 2 N–H and O–H groups in total. The van der Waals surface area contributed by atoms with E-state index in [4.69, 9.17) is 15.5 Å². The predicted octanol–water partition coefficient (Wildman–Crippen LogP) is 3.05. The van der Waals surface area contributed by atoms with E-state index < -0.39 is 0 Å². The summed E-state index contributed by atoms with van der Waals surface area (Å²) in [5, 5.41) is 3.41. The zero-order chi connectivity index (χ0) is 13.8. The van der Waals surface area contributed by atoms with Crippen LogP contribution in [0.4, 0.5) is 0 Å². The number of halogens is 2. The van der Waals surface area contributed by atoms with E-state index >= 15 is 0 Å². The normalized spacial score (nSPS) is 22.7. The fourth-order valence-electron chi connectivity index (χ4n) is 2.60. The molecule has 124 valence electrons. The first-order valence-electron chi connectivity index (χ1n) is 7.05. The number of thiazole rings is 1. The summed E-state index contributed by atoms with van der Waals surface area (Å²) >= 11 is 1.77. The van der Waals surface area contributed by atoms with Gasteiger partial charge in [0.2, 0.25) is 0 Å². The Bertz CT molecular complexity index is 403. The van der Waals surface area contributed by atoms with E-state index in [1.54, 1.807) is 18.4 Å². The molecule has 0 spiro atoms. The molecular formula is C14H27Cl2N3OS. The largest absolute Gasteiger partial charge is 0.381 e. The van der Waals surface area contributed by atoms with Crippen LogP contribution in [0.3, 0.4) is 0 Å². The number of hydrogen-bond acceptors (Lipinski definition) is 5. The summed E-state index contributed by atoms with van der Waals surface area (Å²) in [6.45, 7) is 7.04. The Labute approximate surface area is 144 Å². The second kappa shape index (κ2) is 9.98. The minimum absolute atomic E-state index is 0. The first-order valence-corrected chi connectivity index (χ1v) is 7.93. The second-order valence-electron chi connectivity index (χ2n) is 5.57. The Kier molecular flexibility index (Phi) is 10.0. The van der Waals surface area contributed by atoms with Crippen LogP contribution in [0.5, 0.6) is 0 Å². The van der Waals surface area contributed by atoms with Crippen molar-refractivity contribution in [2.45, 2.75) is 51.3 Å². The van der Waals surface area contributed by atoms with Crippen LogP contribution < -0.4 is 5.73 Å². The number of ether oxygens (including phenoxy) is 1. The van der Waals surface area contributed by atoms with Crippen LogP contribution in [-0.2, 0) is 11.3 Å².